The molecular formula is C8H8BrClO2. The number of aliphatic carboxylic acids is 1. The Bertz CT molecular complexity index is 276. The summed E-state index contributed by atoms with van der Waals surface area (Å²) in [7, 11) is 0. The molecule has 12 heavy (non-hydrogen) atoms. The lowest BCUT2D eigenvalue weighted by molar-refractivity contribution is -0.136. The first-order valence-corrected chi connectivity index (χ1v) is 3.53. The Morgan fingerprint density at radius 2 is 2.00 bits per heavy atom. The van der Waals surface area contributed by atoms with E-state index in [2.05, 4.69) is 0 Å². The first-order valence-electron chi connectivity index (χ1n) is 3.15. The maximum Gasteiger partial charge on any atom is 0.307 e. The number of hydrogen-bond acceptors (Lipinski definition) is 1. The van der Waals surface area contributed by atoms with E-state index in [1.807, 2.05) is 0 Å². The summed E-state index contributed by atoms with van der Waals surface area (Å²) in [5.74, 6) is -0.863. The van der Waals surface area contributed by atoms with Crippen LogP contribution in [-0.4, -0.2) is 11.1 Å². The van der Waals surface area contributed by atoms with Crippen LogP contribution in [0.1, 0.15) is 5.56 Å². The second-order valence-electron chi connectivity index (χ2n) is 2.16. The van der Waals surface area contributed by atoms with E-state index >= 15 is 0 Å². The van der Waals surface area contributed by atoms with Gasteiger partial charge in [-0.05, 0) is 11.6 Å². The Hall–Kier alpha value is -0.540. The molecule has 0 aromatic heterocycles. The van der Waals surface area contributed by atoms with Gasteiger partial charge in [0, 0.05) is 5.02 Å². The normalized spacial score (nSPS) is 8.75. The second-order valence-corrected chi connectivity index (χ2v) is 2.57. The van der Waals surface area contributed by atoms with Gasteiger partial charge in [0.15, 0.2) is 0 Å². The van der Waals surface area contributed by atoms with Crippen molar-refractivity contribution in [3.05, 3.63) is 34.9 Å². The lowest BCUT2D eigenvalue weighted by Crippen LogP contribution is -1.99. The summed E-state index contributed by atoms with van der Waals surface area (Å²) in [6.45, 7) is 0. The first kappa shape index (κ1) is 11.5. The molecule has 4 heteroatoms. The van der Waals surface area contributed by atoms with Crippen LogP contribution in [0, 0.1) is 0 Å². The molecule has 0 spiro atoms. The summed E-state index contributed by atoms with van der Waals surface area (Å²) < 4.78 is 0. The van der Waals surface area contributed by atoms with Gasteiger partial charge in [-0.1, -0.05) is 29.8 Å². The van der Waals surface area contributed by atoms with Crippen LogP contribution in [0.5, 0.6) is 0 Å². The van der Waals surface area contributed by atoms with E-state index in [1.165, 1.54) is 0 Å². The summed E-state index contributed by atoms with van der Waals surface area (Å²) in [6.07, 6.45) is -0.0142. The van der Waals surface area contributed by atoms with Crippen molar-refractivity contribution in [2.45, 2.75) is 6.42 Å². The Morgan fingerprint density at radius 1 is 1.42 bits per heavy atom. The van der Waals surface area contributed by atoms with Crippen LogP contribution in [0.4, 0.5) is 0 Å². The summed E-state index contributed by atoms with van der Waals surface area (Å²) in [6, 6.07) is 6.92. The van der Waals surface area contributed by atoms with Gasteiger partial charge in [-0.2, -0.15) is 0 Å². The zero-order valence-electron chi connectivity index (χ0n) is 6.16. The number of benzene rings is 1. The molecule has 0 aliphatic heterocycles. The largest absolute Gasteiger partial charge is 0.481 e. The van der Waals surface area contributed by atoms with Crippen molar-refractivity contribution in [1.82, 2.24) is 0 Å². The number of hydrogen-bond donors (Lipinski definition) is 1. The van der Waals surface area contributed by atoms with E-state index in [1.54, 1.807) is 24.3 Å². The van der Waals surface area contributed by atoms with Gasteiger partial charge >= 0.3 is 5.97 Å². The van der Waals surface area contributed by atoms with E-state index < -0.39 is 5.97 Å². The van der Waals surface area contributed by atoms with Crippen LogP contribution in [0.25, 0.3) is 0 Å². The van der Waals surface area contributed by atoms with Crippen LogP contribution in [0.15, 0.2) is 24.3 Å². The van der Waals surface area contributed by atoms with Crippen LogP contribution < -0.4 is 0 Å². The summed E-state index contributed by atoms with van der Waals surface area (Å²) >= 11 is 5.70. The van der Waals surface area contributed by atoms with Gasteiger partial charge in [-0.25, -0.2) is 0 Å². The van der Waals surface area contributed by atoms with Crippen LogP contribution >= 0.6 is 28.6 Å². The monoisotopic (exact) mass is 250 g/mol. The fraction of sp³-hybridized carbons (Fsp3) is 0.125. The molecule has 66 valence electrons. The van der Waals surface area contributed by atoms with Crippen LogP contribution in [0.3, 0.4) is 0 Å². The maximum atomic E-state index is 10.3. The molecule has 0 amide bonds. The first-order chi connectivity index (χ1) is 5.20. The number of carbonyl (C=O) groups is 1. The van der Waals surface area contributed by atoms with Crippen molar-refractivity contribution in [1.29, 1.82) is 0 Å². The Labute approximate surface area is 85.9 Å². The van der Waals surface area contributed by atoms with Gasteiger partial charge in [-0.3, -0.25) is 4.79 Å². The topological polar surface area (TPSA) is 37.3 Å². The smallest absolute Gasteiger partial charge is 0.307 e. The van der Waals surface area contributed by atoms with Crippen molar-refractivity contribution < 1.29 is 9.90 Å². The molecule has 0 saturated carbocycles. The highest BCUT2D eigenvalue weighted by atomic mass is 79.9. The molecule has 0 unspecified atom stereocenters. The van der Waals surface area contributed by atoms with Gasteiger partial charge in [0.25, 0.3) is 0 Å². The summed E-state index contributed by atoms with van der Waals surface area (Å²) in [5, 5.41) is 8.94. The predicted octanol–water partition coefficient (Wildman–Crippen LogP) is 2.55. The molecule has 0 aliphatic rings. The average molecular weight is 252 g/mol. The minimum Gasteiger partial charge on any atom is -0.481 e. The fourth-order valence-electron chi connectivity index (χ4n) is 0.805. The van der Waals surface area contributed by atoms with Gasteiger partial charge < -0.3 is 5.11 Å². The van der Waals surface area contributed by atoms with Crippen molar-refractivity contribution in [3.8, 4) is 0 Å². The second kappa shape index (κ2) is 5.17. The minimum atomic E-state index is -0.863. The molecule has 1 aromatic carbocycles. The van der Waals surface area contributed by atoms with Gasteiger partial charge in [0.2, 0.25) is 0 Å². The van der Waals surface area contributed by atoms with E-state index in [4.69, 9.17) is 16.7 Å². The lowest BCUT2D eigenvalue weighted by Gasteiger charge is -1.97. The standard InChI is InChI=1S/C8H7ClO2.BrH/c9-7-4-2-1-3-6(7)5-8(10)11;/h1-4H,5H2,(H,10,11);1H. The number of carboxylic acids is 1. The van der Waals surface area contributed by atoms with E-state index in [9.17, 15) is 4.79 Å². The quantitative estimate of drug-likeness (QED) is 0.877. The van der Waals surface area contributed by atoms with Crippen LogP contribution in [0.2, 0.25) is 5.02 Å². The highest BCUT2D eigenvalue weighted by Crippen LogP contribution is 2.14. The molecule has 0 bridgehead atoms. The molecule has 1 aromatic rings. The fourth-order valence-corrected chi connectivity index (χ4v) is 1.01. The highest BCUT2D eigenvalue weighted by molar-refractivity contribution is 8.93. The van der Waals surface area contributed by atoms with Crippen LogP contribution in [-0.2, 0) is 11.2 Å². The number of halogens is 2. The summed E-state index contributed by atoms with van der Waals surface area (Å²) in [4.78, 5) is 10.3. The SMILES string of the molecule is Br.O=C(O)Cc1ccccc1Cl. The van der Waals surface area contributed by atoms with Crippen molar-refractivity contribution >= 4 is 34.6 Å². The highest BCUT2D eigenvalue weighted by Gasteiger charge is 2.02. The Kier molecular flexibility index (Phi) is 4.93. The Balaban J connectivity index is 0.00000121. The van der Waals surface area contributed by atoms with E-state index in [0.29, 0.717) is 10.6 Å². The molecule has 0 aliphatic carbocycles. The van der Waals surface area contributed by atoms with Crippen molar-refractivity contribution in [2.24, 2.45) is 0 Å². The van der Waals surface area contributed by atoms with Gasteiger partial charge in [0.1, 0.15) is 0 Å². The molecular weight excluding hydrogens is 243 g/mol. The average Bonchev–Trinajstić information content (AvgIpc) is 1.93. The predicted molar refractivity (Wildman–Crippen MR) is 53.1 cm³/mol. The van der Waals surface area contributed by atoms with E-state index in [0.717, 1.165) is 0 Å². The Morgan fingerprint density at radius 3 is 2.50 bits per heavy atom. The lowest BCUT2D eigenvalue weighted by atomic mass is 10.1. The van der Waals surface area contributed by atoms with Crippen molar-refractivity contribution in [3.63, 3.8) is 0 Å². The zero-order chi connectivity index (χ0) is 8.27. The zero-order valence-corrected chi connectivity index (χ0v) is 8.63. The molecule has 1 rings (SSSR count). The van der Waals surface area contributed by atoms with E-state index in [-0.39, 0.29) is 23.4 Å². The third-order valence-corrected chi connectivity index (χ3v) is 1.67. The molecule has 0 saturated heterocycles. The molecule has 0 atom stereocenters. The third-order valence-electron chi connectivity index (χ3n) is 1.30. The third kappa shape index (κ3) is 3.24. The number of rotatable bonds is 2. The van der Waals surface area contributed by atoms with Crippen molar-refractivity contribution in [2.75, 3.05) is 0 Å². The maximum absolute atomic E-state index is 10.3. The number of carboxylic acid groups (broad SMARTS) is 1. The molecule has 2 nitrogen and oxygen atoms in total. The molecule has 0 radical (unpaired) electrons. The minimum absolute atomic E-state index is 0. The molecule has 0 heterocycles. The summed E-state index contributed by atoms with van der Waals surface area (Å²) in [5.41, 5.74) is 0.654. The van der Waals surface area contributed by atoms with Gasteiger partial charge in [-0.15, -0.1) is 17.0 Å². The molecule has 1 N–H and O–H groups in total. The molecule has 0 fully saturated rings. The van der Waals surface area contributed by atoms with Gasteiger partial charge in [0.05, 0.1) is 6.42 Å².